The van der Waals surface area contributed by atoms with Crippen LogP contribution in [0.2, 0.25) is 0 Å². The van der Waals surface area contributed by atoms with E-state index in [1.54, 1.807) is 0 Å². The standard InChI is InChI=1S/C36H64N2O4/c1-3-5-7-9-11-13-15-17-19-24-32-41-35(39)28-30-38(37-34-26-22-21-23-27-34)31-29-36(40)42-33-25-20-18-16-14-12-10-8-6-4-2/h21-23,26-27,37H,3-20,24-25,28-33H2,1-2H3. The summed E-state index contributed by atoms with van der Waals surface area (Å²) in [6, 6.07) is 9.83. The number of carbonyl (C=O) groups is 2. The number of para-hydroxylation sites is 1. The Morgan fingerprint density at radius 2 is 0.905 bits per heavy atom. The third-order valence-corrected chi connectivity index (χ3v) is 7.75. The van der Waals surface area contributed by atoms with Crippen LogP contribution >= 0.6 is 0 Å². The third-order valence-electron chi connectivity index (χ3n) is 7.75. The van der Waals surface area contributed by atoms with Gasteiger partial charge in [-0.1, -0.05) is 148 Å². The van der Waals surface area contributed by atoms with Crippen molar-refractivity contribution < 1.29 is 19.1 Å². The average molecular weight is 589 g/mol. The lowest BCUT2D eigenvalue weighted by Gasteiger charge is -2.23. The summed E-state index contributed by atoms with van der Waals surface area (Å²) in [6.07, 6.45) is 25.8. The lowest BCUT2D eigenvalue weighted by molar-refractivity contribution is -0.144. The second kappa shape index (κ2) is 29.0. The molecule has 1 N–H and O–H groups in total. The van der Waals surface area contributed by atoms with Gasteiger partial charge in [0.15, 0.2) is 0 Å². The van der Waals surface area contributed by atoms with Gasteiger partial charge in [-0.15, -0.1) is 0 Å². The molecule has 0 radical (unpaired) electrons. The van der Waals surface area contributed by atoms with Gasteiger partial charge in [0, 0.05) is 18.8 Å². The highest BCUT2D eigenvalue weighted by Crippen LogP contribution is 2.12. The highest BCUT2D eigenvalue weighted by molar-refractivity contribution is 5.70. The Kier molecular flexibility index (Phi) is 26.2. The van der Waals surface area contributed by atoms with Crippen molar-refractivity contribution in [3.8, 4) is 0 Å². The van der Waals surface area contributed by atoms with Crippen LogP contribution in [0, 0.1) is 0 Å². The van der Waals surface area contributed by atoms with Gasteiger partial charge in [0.05, 0.1) is 26.1 Å². The van der Waals surface area contributed by atoms with E-state index in [0.29, 0.717) is 26.3 Å². The van der Waals surface area contributed by atoms with Crippen LogP contribution < -0.4 is 5.43 Å². The van der Waals surface area contributed by atoms with Gasteiger partial charge >= 0.3 is 11.9 Å². The van der Waals surface area contributed by atoms with Gasteiger partial charge in [-0.2, -0.15) is 0 Å². The number of hydrogen-bond donors (Lipinski definition) is 1. The largest absolute Gasteiger partial charge is 0.466 e. The van der Waals surface area contributed by atoms with Crippen LogP contribution in [0.3, 0.4) is 0 Å². The van der Waals surface area contributed by atoms with Crippen LogP contribution in [0.15, 0.2) is 30.3 Å². The molecule has 0 aromatic heterocycles. The van der Waals surface area contributed by atoms with E-state index in [1.807, 2.05) is 35.3 Å². The predicted octanol–water partition coefficient (Wildman–Crippen LogP) is 10.0. The highest BCUT2D eigenvalue weighted by atomic mass is 16.5. The first-order valence-corrected chi connectivity index (χ1v) is 17.5. The molecule has 0 unspecified atom stereocenters. The van der Waals surface area contributed by atoms with Crippen LogP contribution in [0.5, 0.6) is 0 Å². The molecule has 0 saturated heterocycles. The topological polar surface area (TPSA) is 67.9 Å². The van der Waals surface area contributed by atoms with E-state index in [4.69, 9.17) is 9.47 Å². The average Bonchev–Trinajstić information content (AvgIpc) is 3.00. The van der Waals surface area contributed by atoms with E-state index >= 15 is 0 Å². The number of benzene rings is 1. The van der Waals surface area contributed by atoms with Crippen LogP contribution in [-0.4, -0.2) is 43.3 Å². The van der Waals surface area contributed by atoms with Crippen molar-refractivity contribution in [3.05, 3.63) is 30.3 Å². The molecule has 0 aliphatic heterocycles. The van der Waals surface area contributed by atoms with E-state index in [9.17, 15) is 9.59 Å². The third kappa shape index (κ3) is 24.5. The molecule has 1 aromatic carbocycles. The summed E-state index contributed by atoms with van der Waals surface area (Å²) in [7, 11) is 0. The molecule has 0 fully saturated rings. The summed E-state index contributed by atoms with van der Waals surface area (Å²) in [4.78, 5) is 24.7. The van der Waals surface area contributed by atoms with Crippen LogP contribution in [0.1, 0.15) is 155 Å². The Balaban J connectivity index is 2.17. The molecule has 1 aromatic rings. The molecule has 1 rings (SSSR count). The van der Waals surface area contributed by atoms with Crippen LogP contribution in [0.4, 0.5) is 5.69 Å². The minimum atomic E-state index is -0.186. The van der Waals surface area contributed by atoms with E-state index in [0.717, 1.165) is 31.4 Å². The van der Waals surface area contributed by atoms with Crippen molar-refractivity contribution in [1.29, 1.82) is 0 Å². The molecule has 0 aliphatic rings. The molecule has 0 atom stereocenters. The summed E-state index contributed by atoms with van der Waals surface area (Å²) in [6.45, 7) is 6.43. The lowest BCUT2D eigenvalue weighted by Crippen LogP contribution is -2.34. The summed E-state index contributed by atoms with van der Waals surface area (Å²) in [5.41, 5.74) is 4.26. The SMILES string of the molecule is CCCCCCCCCCCCOC(=O)CCN(CCC(=O)OCCCCCCCCCCCC)Nc1ccccc1. The number of rotatable bonds is 30. The maximum Gasteiger partial charge on any atom is 0.307 e. The molecule has 6 heteroatoms. The molecular weight excluding hydrogens is 524 g/mol. The molecule has 0 saturated carbocycles. The first kappa shape index (κ1) is 37.9. The predicted molar refractivity (Wildman–Crippen MR) is 176 cm³/mol. The fourth-order valence-corrected chi connectivity index (χ4v) is 5.07. The number of esters is 2. The molecular formula is C36H64N2O4. The molecule has 6 nitrogen and oxygen atoms in total. The van der Waals surface area contributed by atoms with Gasteiger partial charge in [-0.05, 0) is 25.0 Å². The molecule has 242 valence electrons. The zero-order valence-corrected chi connectivity index (χ0v) is 27.4. The van der Waals surface area contributed by atoms with Gasteiger partial charge in [0.25, 0.3) is 0 Å². The van der Waals surface area contributed by atoms with Crippen LogP contribution in [0.25, 0.3) is 0 Å². The summed E-state index contributed by atoms with van der Waals surface area (Å²) >= 11 is 0. The second-order valence-electron chi connectivity index (χ2n) is 11.8. The van der Waals surface area contributed by atoms with Gasteiger partial charge in [-0.25, -0.2) is 5.01 Å². The number of nitrogens with one attached hydrogen (secondary N) is 1. The summed E-state index contributed by atoms with van der Waals surface area (Å²) in [5.74, 6) is -0.372. The fraction of sp³-hybridized carbons (Fsp3) is 0.778. The van der Waals surface area contributed by atoms with E-state index in [1.165, 1.54) is 103 Å². The van der Waals surface area contributed by atoms with Crippen molar-refractivity contribution in [3.63, 3.8) is 0 Å². The number of ether oxygens (including phenoxy) is 2. The van der Waals surface area contributed by atoms with Crippen LogP contribution in [-0.2, 0) is 19.1 Å². The van der Waals surface area contributed by atoms with Gasteiger partial charge < -0.3 is 14.9 Å². The number of hydrogen-bond acceptors (Lipinski definition) is 6. The number of hydrazine groups is 1. The Labute approximate surface area is 258 Å². The zero-order chi connectivity index (χ0) is 30.4. The first-order chi connectivity index (χ1) is 20.7. The highest BCUT2D eigenvalue weighted by Gasteiger charge is 2.13. The zero-order valence-electron chi connectivity index (χ0n) is 27.4. The number of unbranched alkanes of at least 4 members (excludes halogenated alkanes) is 18. The minimum Gasteiger partial charge on any atom is -0.466 e. The monoisotopic (exact) mass is 588 g/mol. The maximum atomic E-state index is 12.4. The number of carbonyl (C=O) groups excluding carboxylic acids is 2. The number of nitrogens with zero attached hydrogens (tertiary/aromatic N) is 1. The van der Waals surface area contributed by atoms with Gasteiger partial charge in [0.2, 0.25) is 0 Å². The normalized spacial score (nSPS) is 11.1. The second-order valence-corrected chi connectivity index (χ2v) is 11.8. The smallest absolute Gasteiger partial charge is 0.307 e. The number of anilines is 1. The van der Waals surface area contributed by atoms with Crippen molar-refractivity contribution in [1.82, 2.24) is 5.01 Å². The van der Waals surface area contributed by atoms with Gasteiger partial charge in [-0.3, -0.25) is 9.59 Å². The Hall–Kier alpha value is -2.08. The molecule has 0 bridgehead atoms. The molecule has 0 amide bonds. The quantitative estimate of drug-likeness (QED) is 0.0548. The molecule has 42 heavy (non-hydrogen) atoms. The fourth-order valence-electron chi connectivity index (χ4n) is 5.07. The Morgan fingerprint density at radius 1 is 0.548 bits per heavy atom. The molecule has 0 heterocycles. The van der Waals surface area contributed by atoms with E-state index < -0.39 is 0 Å². The summed E-state index contributed by atoms with van der Waals surface area (Å²) < 4.78 is 11.0. The van der Waals surface area contributed by atoms with E-state index in [-0.39, 0.29) is 24.8 Å². The van der Waals surface area contributed by atoms with Crippen molar-refractivity contribution >= 4 is 17.6 Å². The maximum absolute atomic E-state index is 12.4. The first-order valence-electron chi connectivity index (χ1n) is 17.5. The van der Waals surface area contributed by atoms with Gasteiger partial charge in [0.1, 0.15) is 0 Å². The van der Waals surface area contributed by atoms with Crippen molar-refractivity contribution in [2.75, 3.05) is 31.7 Å². The summed E-state index contributed by atoms with van der Waals surface area (Å²) in [5, 5.41) is 1.92. The van der Waals surface area contributed by atoms with E-state index in [2.05, 4.69) is 19.3 Å². The Morgan fingerprint density at radius 3 is 1.29 bits per heavy atom. The molecule has 0 aliphatic carbocycles. The lowest BCUT2D eigenvalue weighted by atomic mass is 10.1. The Bertz CT molecular complexity index is 701. The molecule has 0 spiro atoms. The van der Waals surface area contributed by atoms with Crippen molar-refractivity contribution in [2.45, 2.75) is 155 Å². The minimum absolute atomic E-state index is 0.186. The van der Waals surface area contributed by atoms with Crippen molar-refractivity contribution in [2.24, 2.45) is 0 Å².